The number of likely N-dealkylation sites (tertiary alicyclic amines) is 1. The lowest BCUT2D eigenvalue weighted by molar-refractivity contribution is 0.0749. The highest BCUT2D eigenvalue weighted by Gasteiger charge is 2.43. The number of benzene rings is 1. The Kier molecular flexibility index (Phi) is 3.30. The zero-order chi connectivity index (χ0) is 14.3. The van der Waals surface area contributed by atoms with E-state index in [9.17, 15) is 9.90 Å². The molecule has 3 unspecified atom stereocenters. The number of nitrogen functional groups attached to an aromatic ring is 1. The maximum atomic E-state index is 12.6. The Hall–Kier alpha value is -1.75. The highest BCUT2D eigenvalue weighted by molar-refractivity contribution is 5.98. The predicted octanol–water partition coefficient (Wildman–Crippen LogP) is 1.12. The Morgan fingerprint density at radius 3 is 2.90 bits per heavy atom. The number of aliphatic hydroxyl groups is 1. The molecule has 1 saturated heterocycles. The number of anilines is 1. The van der Waals surface area contributed by atoms with Crippen molar-refractivity contribution in [1.82, 2.24) is 4.90 Å². The molecule has 2 fully saturated rings. The van der Waals surface area contributed by atoms with Crippen molar-refractivity contribution < 1.29 is 14.6 Å². The number of hydrogen-bond donors (Lipinski definition) is 2. The van der Waals surface area contributed by atoms with Gasteiger partial charge in [-0.1, -0.05) is 0 Å². The van der Waals surface area contributed by atoms with E-state index in [0.29, 0.717) is 29.5 Å². The number of fused-ring (bicyclic) bond motifs is 1. The number of rotatable bonds is 2. The van der Waals surface area contributed by atoms with Crippen LogP contribution in [0.15, 0.2) is 18.2 Å². The van der Waals surface area contributed by atoms with Gasteiger partial charge >= 0.3 is 0 Å². The Balaban J connectivity index is 1.82. The van der Waals surface area contributed by atoms with Crippen LogP contribution < -0.4 is 10.5 Å². The minimum atomic E-state index is -0.263. The van der Waals surface area contributed by atoms with Crippen LogP contribution in [0.4, 0.5) is 5.69 Å². The normalized spacial score (nSPS) is 28.5. The van der Waals surface area contributed by atoms with Crippen molar-refractivity contribution in [1.29, 1.82) is 0 Å². The number of carbonyl (C=O) groups is 1. The van der Waals surface area contributed by atoms with Gasteiger partial charge in [0.1, 0.15) is 5.75 Å². The van der Waals surface area contributed by atoms with Crippen molar-refractivity contribution in [3.05, 3.63) is 23.8 Å². The predicted molar refractivity (Wildman–Crippen MR) is 75.5 cm³/mol. The second-order valence-electron chi connectivity index (χ2n) is 5.74. The SMILES string of the molecule is COc1ccc(N)cc1C(=O)N1CC2CCC(O)C2C1. The summed E-state index contributed by atoms with van der Waals surface area (Å²) in [6.45, 7) is 1.35. The third kappa shape index (κ3) is 2.12. The van der Waals surface area contributed by atoms with Crippen LogP contribution in [0.2, 0.25) is 0 Å². The van der Waals surface area contributed by atoms with Crippen molar-refractivity contribution >= 4 is 11.6 Å². The number of hydrogen-bond acceptors (Lipinski definition) is 4. The number of amides is 1. The van der Waals surface area contributed by atoms with E-state index in [0.717, 1.165) is 19.4 Å². The molecule has 1 heterocycles. The first kappa shape index (κ1) is 13.2. The largest absolute Gasteiger partial charge is 0.496 e. The number of ether oxygens (including phenoxy) is 1. The summed E-state index contributed by atoms with van der Waals surface area (Å²) in [5.74, 6) is 1.14. The van der Waals surface area contributed by atoms with E-state index in [1.807, 2.05) is 4.90 Å². The fourth-order valence-electron chi connectivity index (χ4n) is 3.47. The van der Waals surface area contributed by atoms with Crippen LogP contribution in [-0.4, -0.2) is 42.2 Å². The molecule has 1 saturated carbocycles. The number of carbonyl (C=O) groups excluding carboxylic acids is 1. The van der Waals surface area contributed by atoms with Crippen LogP contribution >= 0.6 is 0 Å². The molecule has 1 aromatic rings. The molecule has 0 bridgehead atoms. The molecule has 2 aliphatic rings. The molecule has 1 amide bonds. The van der Waals surface area contributed by atoms with E-state index in [-0.39, 0.29) is 17.9 Å². The van der Waals surface area contributed by atoms with Gasteiger partial charge in [-0.3, -0.25) is 4.79 Å². The number of nitrogens with two attached hydrogens (primary N) is 1. The van der Waals surface area contributed by atoms with E-state index >= 15 is 0 Å². The lowest BCUT2D eigenvalue weighted by Crippen LogP contribution is -2.31. The molecule has 3 atom stereocenters. The van der Waals surface area contributed by atoms with Crippen LogP contribution in [0.5, 0.6) is 5.75 Å². The second-order valence-corrected chi connectivity index (χ2v) is 5.74. The van der Waals surface area contributed by atoms with Gasteiger partial charge in [0, 0.05) is 24.7 Å². The molecule has 5 heteroatoms. The van der Waals surface area contributed by atoms with Crippen LogP contribution in [0, 0.1) is 11.8 Å². The molecule has 1 aromatic carbocycles. The van der Waals surface area contributed by atoms with Gasteiger partial charge in [-0.2, -0.15) is 0 Å². The van der Waals surface area contributed by atoms with Crippen molar-refractivity contribution in [3.8, 4) is 5.75 Å². The zero-order valence-electron chi connectivity index (χ0n) is 11.6. The molecular weight excluding hydrogens is 256 g/mol. The Bertz CT molecular complexity index is 532. The summed E-state index contributed by atoms with van der Waals surface area (Å²) in [4.78, 5) is 14.4. The average molecular weight is 276 g/mol. The quantitative estimate of drug-likeness (QED) is 0.794. The summed E-state index contributed by atoms with van der Waals surface area (Å²) >= 11 is 0. The van der Waals surface area contributed by atoms with Crippen molar-refractivity contribution in [2.24, 2.45) is 11.8 Å². The van der Waals surface area contributed by atoms with E-state index in [4.69, 9.17) is 10.5 Å². The standard InChI is InChI=1S/C15H20N2O3/c1-20-14-5-3-10(16)6-11(14)15(19)17-7-9-2-4-13(18)12(9)8-17/h3,5-6,9,12-13,18H,2,4,7-8,16H2,1H3. The monoisotopic (exact) mass is 276 g/mol. The van der Waals surface area contributed by atoms with Crippen molar-refractivity contribution in [3.63, 3.8) is 0 Å². The molecule has 0 spiro atoms. The summed E-state index contributed by atoms with van der Waals surface area (Å²) < 4.78 is 5.24. The van der Waals surface area contributed by atoms with Crippen LogP contribution in [0.25, 0.3) is 0 Å². The minimum absolute atomic E-state index is 0.0595. The first-order valence-corrected chi connectivity index (χ1v) is 7.01. The van der Waals surface area contributed by atoms with Gasteiger partial charge in [-0.25, -0.2) is 0 Å². The Labute approximate surface area is 118 Å². The topological polar surface area (TPSA) is 75.8 Å². The van der Waals surface area contributed by atoms with Crippen LogP contribution in [0.3, 0.4) is 0 Å². The number of aliphatic hydroxyl groups excluding tert-OH is 1. The van der Waals surface area contributed by atoms with E-state index in [2.05, 4.69) is 0 Å². The lowest BCUT2D eigenvalue weighted by atomic mass is 10.00. The summed E-state index contributed by atoms with van der Waals surface area (Å²) in [5.41, 5.74) is 6.82. The lowest BCUT2D eigenvalue weighted by Gasteiger charge is -2.20. The average Bonchev–Trinajstić information content (AvgIpc) is 3.00. The molecule has 3 rings (SSSR count). The van der Waals surface area contributed by atoms with Gasteiger partial charge < -0.3 is 20.5 Å². The Morgan fingerprint density at radius 1 is 1.40 bits per heavy atom. The highest BCUT2D eigenvalue weighted by atomic mass is 16.5. The van der Waals surface area contributed by atoms with Gasteiger partial charge in [-0.15, -0.1) is 0 Å². The molecule has 0 radical (unpaired) electrons. The summed E-state index contributed by atoms with van der Waals surface area (Å²) in [6, 6.07) is 5.10. The third-order valence-electron chi connectivity index (χ3n) is 4.56. The van der Waals surface area contributed by atoms with Gasteiger partial charge in [0.25, 0.3) is 5.91 Å². The fourth-order valence-corrected chi connectivity index (χ4v) is 3.47. The first-order valence-electron chi connectivity index (χ1n) is 7.01. The maximum Gasteiger partial charge on any atom is 0.257 e. The van der Waals surface area contributed by atoms with Crippen molar-refractivity contribution in [2.75, 3.05) is 25.9 Å². The molecule has 1 aliphatic carbocycles. The number of methoxy groups -OCH3 is 1. The first-order chi connectivity index (χ1) is 9.60. The summed E-state index contributed by atoms with van der Waals surface area (Å²) in [7, 11) is 1.55. The van der Waals surface area contributed by atoms with Gasteiger partial charge in [0.2, 0.25) is 0 Å². The van der Waals surface area contributed by atoms with Crippen LogP contribution in [0.1, 0.15) is 23.2 Å². The van der Waals surface area contributed by atoms with Crippen LogP contribution in [-0.2, 0) is 0 Å². The summed E-state index contributed by atoms with van der Waals surface area (Å²) in [6.07, 6.45) is 1.60. The molecular formula is C15H20N2O3. The molecule has 108 valence electrons. The number of nitrogens with zero attached hydrogens (tertiary/aromatic N) is 1. The van der Waals surface area contributed by atoms with Crippen molar-refractivity contribution in [2.45, 2.75) is 18.9 Å². The smallest absolute Gasteiger partial charge is 0.257 e. The van der Waals surface area contributed by atoms with Gasteiger partial charge in [0.15, 0.2) is 0 Å². The zero-order valence-corrected chi connectivity index (χ0v) is 11.6. The molecule has 0 aromatic heterocycles. The van der Waals surface area contributed by atoms with E-state index < -0.39 is 0 Å². The molecule has 20 heavy (non-hydrogen) atoms. The van der Waals surface area contributed by atoms with E-state index in [1.54, 1.807) is 25.3 Å². The second kappa shape index (κ2) is 4.98. The van der Waals surface area contributed by atoms with Gasteiger partial charge in [0.05, 0.1) is 18.8 Å². The maximum absolute atomic E-state index is 12.6. The third-order valence-corrected chi connectivity index (χ3v) is 4.56. The van der Waals surface area contributed by atoms with E-state index in [1.165, 1.54) is 0 Å². The molecule has 1 aliphatic heterocycles. The Morgan fingerprint density at radius 2 is 2.20 bits per heavy atom. The van der Waals surface area contributed by atoms with Gasteiger partial charge in [-0.05, 0) is 37.0 Å². The fraction of sp³-hybridized carbons (Fsp3) is 0.533. The molecule has 5 nitrogen and oxygen atoms in total. The molecule has 3 N–H and O–H groups in total. The minimum Gasteiger partial charge on any atom is -0.496 e. The highest BCUT2D eigenvalue weighted by Crippen LogP contribution is 2.39. The summed E-state index contributed by atoms with van der Waals surface area (Å²) in [5, 5.41) is 9.93.